The molecule has 3 radical (unpaired) electrons. The van der Waals surface area contributed by atoms with Gasteiger partial charge in [-0.15, -0.1) is 22.7 Å². The van der Waals surface area contributed by atoms with E-state index in [1.807, 2.05) is 36.4 Å². The molecule has 0 atom stereocenters. The van der Waals surface area contributed by atoms with Gasteiger partial charge in [-0.1, -0.05) is 6.07 Å². The number of rotatable bonds is 6. The van der Waals surface area contributed by atoms with Crippen molar-refractivity contribution in [3.8, 4) is 10.4 Å². The van der Waals surface area contributed by atoms with Gasteiger partial charge in [-0.25, -0.2) is 4.79 Å². The van der Waals surface area contributed by atoms with E-state index in [0.717, 1.165) is 38.4 Å². The van der Waals surface area contributed by atoms with Crippen LogP contribution in [0, 0.1) is 0 Å². The van der Waals surface area contributed by atoms with E-state index in [1.54, 1.807) is 22.7 Å². The van der Waals surface area contributed by atoms with Gasteiger partial charge in [0.25, 0.3) is 0 Å². The molecule has 29 heavy (non-hydrogen) atoms. The normalized spacial score (nSPS) is 11.6. The van der Waals surface area contributed by atoms with Gasteiger partial charge in [0.2, 0.25) is 0 Å². The Labute approximate surface area is 181 Å². The van der Waals surface area contributed by atoms with Crippen LogP contribution in [0.1, 0.15) is 23.6 Å². The Bertz CT molecular complexity index is 1230. The smallest absolute Gasteiger partial charge is 0.345 e. The molecule has 0 amide bonds. The molecule has 0 spiro atoms. The van der Waals surface area contributed by atoms with E-state index in [0.29, 0.717) is 11.1 Å². The Kier molecular flexibility index (Phi) is 5.85. The summed E-state index contributed by atoms with van der Waals surface area (Å²) in [5, 5.41) is 0.934. The number of benzene rings is 1. The second kappa shape index (κ2) is 8.53. The van der Waals surface area contributed by atoms with Crippen molar-refractivity contribution in [2.75, 3.05) is 18.0 Å². The molecule has 3 nitrogen and oxygen atoms in total. The van der Waals surface area contributed by atoms with Gasteiger partial charge < -0.3 is 9.32 Å². The highest BCUT2D eigenvalue weighted by molar-refractivity contribution is 7.20. The van der Waals surface area contributed by atoms with Crippen molar-refractivity contribution in [3.63, 3.8) is 0 Å². The third-order valence-corrected chi connectivity index (χ3v) is 7.20. The lowest BCUT2D eigenvalue weighted by atomic mass is 10.1. The summed E-state index contributed by atoms with van der Waals surface area (Å²) in [6.07, 6.45) is 4.16. The maximum atomic E-state index is 12.6. The average molecular weight is 435 g/mol. The summed E-state index contributed by atoms with van der Waals surface area (Å²) in [4.78, 5) is 18.1. The van der Waals surface area contributed by atoms with Gasteiger partial charge in [0.1, 0.15) is 5.58 Å². The molecule has 0 bridgehead atoms. The molecular formula is C23H20NO2S2Si. The number of thiophene rings is 2. The SMILES string of the molecule is CCN(CC)c1ccc2cc(-c3ccc(/C=C/c4ccc([Si])s4)s3)c(=O)oc2c1. The monoisotopic (exact) mass is 434 g/mol. The molecule has 0 saturated carbocycles. The zero-order valence-corrected chi connectivity index (χ0v) is 18.9. The molecule has 1 aromatic carbocycles. The van der Waals surface area contributed by atoms with Crippen LogP contribution in [0.2, 0.25) is 0 Å². The summed E-state index contributed by atoms with van der Waals surface area (Å²) in [5.41, 5.74) is 2.01. The predicted octanol–water partition coefficient (Wildman–Crippen LogP) is 5.39. The molecule has 0 unspecified atom stereocenters. The second-order valence-corrected chi connectivity index (χ2v) is 9.71. The number of nitrogens with zero attached hydrogens (tertiary/aromatic N) is 1. The highest BCUT2D eigenvalue weighted by Gasteiger charge is 2.11. The number of fused-ring (bicyclic) bond motifs is 1. The fraction of sp³-hybridized carbons (Fsp3) is 0.174. The van der Waals surface area contributed by atoms with Crippen molar-refractivity contribution < 1.29 is 4.42 Å². The maximum Gasteiger partial charge on any atom is 0.345 e. The summed E-state index contributed by atoms with van der Waals surface area (Å²) in [5.74, 6) is 0. The fourth-order valence-corrected chi connectivity index (χ4v) is 5.26. The topological polar surface area (TPSA) is 33.5 Å². The predicted molar refractivity (Wildman–Crippen MR) is 128 cm³/mol. The summed E-state index contributed by atoms with van der Waals surface area (Å²) < 4.78 is 6.78. The first-order valence-corrected chi connectivity index (χ1v) is 11.6. The second-order valence-electron chi connectivity index (χ2n) is 6.58. The van der Waals surface area contributed by atoms with E-state index in [1.165, 1.54) is 4.88 Å². The summed E-state index contributed by atoms with van der Waals surface area (Å²) in [6.45, 7) is 6.07. The minimum absolute atomic E-state index is 0.298. The van der Waals surface area contributed by atoms with E-state index in [-0.39, 0.29) is 5.63 Å². The molecule has 3 heterocycles. The maximum absolute atomic E-state index is 12.6. The zero-order chi connectivity index (χ0) is 20.4. The van der Waals surface area contributed by atoms with E-state index in [4.69, 9.17) is 4.42 Å². The van der Waals surface area contributed by atoms with Gasteiger partial charge in [-0.05, 0) is 66.9 Å². The van der Waals surface area contributed by atoms with Crippen LogP contribution in [0.5, 0.6) is 0 Å². The highest BCUT2D eigenvalue weighted by Crippen LogP contribution is 2.30. The molecule has 0 N–H and O–H groups in total. The number of hydrogen-bond donors (Lipinski definition) is 0. The average Bonchev–Trinajstić information content (AvgIpc) is 3.35. The van der Waals surface area contributed by atoms with Crippen LogP contribution in [0.3, 0.4) is 0 Å². The molecule has 0 aliphatic carbocycles. The first kappa shape index (κ1) is 19.9. The minimum atomic E-state index is -0.298. The first-order chi connectivity index (χ1) is 14.1. The van der Waals surface area contributed by atoms with Gasteiger partial charge in [-0.3, -0.25) is 0 Å². The van der Waals surface area contributed by atoms with Crippen LogP contribution < -0.4 is 15.0 Å². The van der Waals surface area contributed by atoms with Crippen LogP contribution in [-0.2, 0) is 0 Å². The molecule has 0 fully saturated rings. The minimum Gasteiger partial charge on any atom is -0.422 e. The number of anilines is 1. The van der Waals surface area contributed by atoms with Crippen LogP contribution in [0.4, 0.5) is 5.69 Å². The quantitative estimate of drug-likeness (QED) is 0.301. The van der Waals surface area contributed by atoms with E-state index >= 15 is 0 Å². The molecular weight excluding hydrogens is 414 g/mol. The Balaban J connectivity index is 1.65. The third kappa shape index (κ3) is 4.29. The van der Waals surface area contributed by atoms with E-state index in [9.17, 15) is 4.79 Å². The van der Waals surface area contributed by atoms with Crippen molar-refractivity contribution in [1.29, 1.82) is 0 Å². The van der Waals surface area contributed by atoms with Crippen molar-refractivity contribution >= 4 is 66.2 Å². The van der Waals surface area contributed by atoms with Crippen LogP contribution >= 0.6 is 22.7 Å². The molecule has 4 rings (SSSR count). The highest BCUT2D eigenvalue weighted by atomic mass is 32.1. The Morgan fingerprint density at radius 2 is 1.69 bits per heavy atom. The summed E-state index contributed by atoms with van der Waals surface area (Å²) in [6, 6.07) is 16.1. The van der Waals surface area contributed by atoms with Crippen molar-refractivity contribution in [3.05, 3.63) is 68.7 Å². The zero-order valence-electron chi connectivity index (χ0n) is 16.3. The molecule has 4 aromatic rings. The lowest BCUT2D eigenvalue weighted by molar-refractivity contribution is 0.563. The lowest BCUT2D eigenvalue weighted by Crippen LogP contribution is -2.21. The first-order valence-electron chi connectivity index (χ1n) is 9.50. The van der Waals surface area contributed by atoms with Gasteiger partial charge in [-0.2, -0.15) is 0 Å². The lowest BCUT2D eigenvalue weighted by Gasteiger charge is -2.20. The van der Waals surface area contributed by atoms with Crippen molar-refractivity contribution in [2.45, 2.75) is 13.8 Å². The van der Waals surface area contributed by atoms with Crippen molar-refractivity contribution in [2.24, 2.45) is 0 Å². The van der Waals surface area contributed by atoms with Gasteiger partial charge in [0, 0.05) is 44.9 Å². The van der Waals surface area contributed by atoms with Crippen LogP contribution in [0.15, 0.2) is 57.7 Å². The molecule has 0 saturated heterocycles. The summed E-state index contributed by atoms with van der Waals surface area (Å²) >= 11 is 3.27. The van der Waals surface area contributed by atoms with Crippen molar-refractivity contribution in [1.82, 2.24) is 0 Å². The van der Waals surface area contributed by atoms with Gasteiger partial charge in [0.05, 0.1) is 15.8 Å². The molecule has 145 valence electrons. The van der Waals surface area contributed by atoms with Crippen LogP contribution in [-0.4, -0.2) is 23.3 Å². The Morgan fingerprint density at radius 3 is 2.38 bits per heavy atom. The van der Waals surface area contributed by atoms with Gasteiger partial charge in [0.15, 0.2) is 0 Å². The molecule has 0 aliphatic heterocycles. The Hall–Kier alpha value is -2.41. The Morgan fingerprint density at radius 1 is 0.966 bits per heavy atom. The third-order valence-electron chi connectivity index (χ3n) is 4.78. The van der Waals surface area contributed by atoms with E-state index in [2.05, 4.69) is 53.3 Å². The van der Waals surface area contributed by atoms with Crippen LogP contribution in [0.25, 0.3) is 33.6 Å². The molecule has 3 aromatic heterocycles. The molecule has 6 heteroatoms. The standard InChI is InChI=1S/C23H20NO2S2Si/c1-3-24(4-2)16-6-5-15-13-19(23(25)26-20(15)14-16)21-11-9-17(27-21)7-8-18-10-12-22(29)28-18/h5-14H,3-4H2,1-2H3/b8-7+. The van der Waals surface area contributed by atoms with E-state index < -0.39 is 0 Å². The summed E-state index contributed by atoms with van der Waals surface area (Å²) in [7, 11) is 3.53. The van der Waals surface area contributed by atoms with Gasteiger partial charge >= 0.3 is 5.63 Å². The fourth-order valence-electron chi connectivity index (χ4n) is 3.25. The number of hydrogen-bond acceptors (Lipinski definition) is 5. The molecule has 0 aliphatic rings. The largest absolute Gasteiger partial charge is 0.422 e.